The number of likely N-dealkylation sites (tertiary alicyclic amines) is 1. The number of pyridine rings is 1. The SMILES string of the molecule is CCOc1cccc(/C(O)=C2/C(=O)C(=O)N(Cc3ccncc3)C2c2cccc(Oc3ccccc3)c2)c1. The van der Waals surface area contributed by atoms with E-state index in [2.05, 4.69) is 4.98 Å². The Kier molecular flexibility index (Phi) is 7.17. The number of ketones is 1. The number of ether oxygens (including phenoxy) is 2. The Balaban J connectivity index is 1.61. The second kappa shape index (κ2) is 11.0. The van der Waals surface area contributed by atoms with Gasteiger partial charge in [-0.1, -0.05) is 42.5 Å². The van der Waals surface area contributed by atoms with Crippen LogP contribution in [0.5, 0.6) is 17.2 Å². The molecule has 1 fully saturated rings. The van der Waals surface area contributed by atoms with Gasteiger partial charge < -0.3 is 19.5 Å². The Bertz CT molecular complexity index is 1480. The summed E-state index contributed by atoms with van der Waals surface area (Å²) in [5, 5.41) is 11.4. The van der Waals surface area contributed by atoms with Crippen molar-refractivity contribution in [1.29, 1.82) is 0 Å². The largest absolute Gasteiger partial charge is 0.507 e. The smallest absolute Gasteiger partial charge is 0.295 e. The molecule has 1 amide bonds. The molecular weight excluding hydrogens is 480 g/mol. The average molecular weight is 507 g/mol. The number of benzene rings is 3. The standard InChI is InChI=1S/C31H26N2O5/c1-2-37-25-12-7-9-23(19-25)29(34)27-28(33(31(36)30(27)35)20-21-14-16-32-17-15-21)22-8-6-13-26(18-22)38-24-10-4-3-5-11-24/h3-19,28,34H,2,20H2,1H3/b29-27-. The van der Waals surface area contributed by atoms with E-state index in [4.69, 9.17) is 9.47 Å². The number of hydrogen-bond acceptors (Lipinski definition) is 6. The van der Waals surface area contributed by atoms with Crippen LogP contribution in [-0.4, -0.2) is 33.3 Å². The zero-order chi connectivity index (χ0) is 26.5. The van der Waals surface area contributed by atoms with Crippen LogP contribution in [0.25, 0.3) is 5.76 Å². The molecule has 3 aromatic carbocycles. The molecule has 5 rings (SSSR count). The van der Waals surface area contributed by atoms with E-state index in [1.165, 1.54) is 4.90 Å². The number of carbonyl (C=O) groups is 2. The maximum absolute atomic E-state index is 13.4. The Labute approximate surface area is 220 Å². The summed E-state index contributed by atoms with van der Waals surface area (Å²) in [7, 11) is 0. The van der Waals surface area contributed by atoms with E-state index in [1.54, 1.807) is 67.0 Å². The van der Waals surface area contributed by atoms with Crippen LogP contribution >= 0.6 is 0 Å². The Morgan fingerprint density at radius 3 is 2.34 bits per heavy atom. The van der Waals surface area contributed by atoms with E-state index >= 15 is 0 Å². The van der Waals surface area contributed by atoms with Crippen LogP contribution in [0.1, 0.15) is 29.7 Å². The third kappa shape index (κ3) is 5.13. The highest BCUT2D eigenvalue weighted by atomic mass is 16.5. The van der Waals surface area contributed by atoms with E-state index < -0.39 is 17.7 Å². The van der Waals surface area contributed by atoms with E-state index in [9.17, 15) is 14.7 Å². The van der Waals surface area contributed by atoms with Crippen molar-refractivity contribution < 1.29 is 24.2 Å². The maximum atomic E-state index is 13.4. The predicted octanol–water partition coefficient (Wildman–Crippen LogP) is 5.89. The molecule has 1 saturated heterocycles. The lowest BCUT2D eigenvalue weighted by Crippen LogP contribution is -2.29. The summed E-state index contributed by atoms with van der Waals surface area (Å²) in [5.74, 6) is 0.0464. The number of aliphatic hydroxyl groups excluding tert-OH is 1. The van der Waals surface area contributed by atoms with Crippen LogP contribution in [-0.2, 0) is 16.1 Å². The first-order valence-electron chi connectivity index (χ1n) is 12.3. The van der Waals surface area contributed by atoms with Gasteiger partial charge in [0, 0.05) is 24.5 Å². The minimum absolute atomic E-state index is 0.00886. The monoisotopic (exact) mass is 506 g/mol. The predicted molar refractivity (Wildman–Crippen MR) is 143 cm³/mol. The molecule has 0 radical (unpaired) electrons. The number of nitrogens with zero attached hydrogens (tertiary/aromatic N) is 2. The lowest BCUT2D eigenvalue weighted by Gasteiger charge is -2.26. The van der Waals surface area contributed by atoms with Gasteiger partial charge in [-0.25, -0.2) is 0 Å². The van der Waals surface area contributed by atoms with E-state index in [-0.39, 0.29) is 17.9 Å². The van der Waals surface area contributed by atoms with Crippen molar-refractivity contribution in [1.82, 2.24) is 9.88 Å². The maximum Gasteiger partial charge on any atom is 0.295 e. The molecule has 7 nitrogen and oxygen atoms in total. The summed E-state index contributed by atoms with van der Waals surface area (Å²) >= 11 is 0. The number of amides is 1. The zero-order valence-electron chi connectivity index (χ0n) is 20.8. The summed E-state index contributed by atoms with van der Waals surface area (Å²) < 4.78 is 11.6. The van der Waals surface area contributed by atoms with E-state index in [1.807, 2.05) is 43.3 Å². The summed E-state index contributed by atoms with van der Waals surface area (Å²) in [6.45, 7) is 2.48. The second-order valence-electron chi connectivity index (χ2n) is 8.73. The highest BCUT2D eigenvalue weighted by Gasteiger charge is 2.46. The van der Waals surface area contributed by atoms with Crippen LogP contribution in [0.3, 0.4) is 0 Å². The molecule has 1 aliphatic heterocycles. The van der Waals surface area contributed by atoms with Gasteiger partial charge in [-0.3, -0.25) is 14.6 Å². The van der Waals surface area contributed by atoms with Gasteiger partial charge in [-0.05, 0) is 66.6 Å². The van der Waals surface area contributed by atoms with E-state index in [0.29, 0.717) is 35.0 Å². The summed E-state index contributed by atoms with van der Waals surface area (Å²) in [5.41, 5.74) is 1.84. The molecule has 1 unspecified atom stereocenters. The van der Waals surface area contributed by atoms with Crippen LogP contribution < -0.4 is 9.47 Å². The van der Waals surface area contributed by atoms with Crippen molar-refractivity contribution in [2.75, 3.05) is 6.61 Å². The molecule has 38 heavy (non-hydrogen) atoms. The molecule has 2 heterocycles. The number of aromatic nitrogens is 1. The first kappa shape index (κ1) is 24.8. The van der Waals surface area contributed by atoms with Gasteiger partial charge in [0.2, 0.25) is 0 Å². The van der Waals surface area contributed by atoms with Crippen LogP contribution in [0.4, 0.5) is 0 Å². The number of para-hydroxylation sites is 1. The molecule has 1 aromatic heterocycles. The topological polar surface area (TPSA) is 89.0 Å². The molecule has 0 spiro atoms. The lowest BCUT2D eigenvalue weighted by molar-refractivity contribution is -0.140. The number of rotatable bonds is 8. The van der Waals surface area contributed by atoms with Gasteiger partial charge in [-0.2, -0.15) is 0 Å². The molecule has 1 N–H and O–H groups in total. The van der Waals surface area contributed by atoms with Crippen LogP contribution in [0, 0.1) is 0 Å². The highest BCUT2D eigenvalue weighted by Crippen LogP contribution is 2.41. The van der Waals surface area contributed by atoms with Crippen LogP contribution in [0.2, 0.25) is 0 Å². The van der Waals surface area contributed by atoms with Gasteiger partial charge in [0.05, 0.1) is 18.2 Å². The van der Waals surface area contributed by atoms with Crippen molar-refractivity contribution >= 4 is 17.4 Å². The fourth-order valence-corrected chi connectivity index (χ4v) is 4.50. The van der Waals surface area contributed by atoms with Gasteiger partial charge in [-0.15, -0.1) is 0 Å². The molecule has 1 aliphatic rings. The molecule has 4 aromatic rings. The van der Waals surface area contributed by atoms with Crippen molar-refractivity contribution in [3.8, 4) is 17.2 Å². The highest BCUT2D eigenvalue weighted by molar-refractivity contribution is 6.46. The van der Waals surface area contributed by atoms with Crippen molar-refractivity contribution in [2.24, 2.45) is 0 Å². The fraction of sp³-hybridized carbons (Fsp3) is 0.129. The van der Waals surface area contributed by atoms with E-state index in [0.717, 1.165) is 5.56 Å². The first-order chi connectivity index (χ1) is 18.5. The van der Waals surface area contributed by atoms with Gasteiger partial charge in [0.25, 0.3) is 11.7 Å². The van der Waals surface area contributed by atoms with Crippen molar-refractivity contribution in [3.05, 3.63) is 126 Å². The van der Waals surface area contributed by atoms with Gasteiger partial charge in [0.1, 0.15) is 23.0 Å². The minimum Gasteiger partial charge on any atom is -0.507 e. The quantitative estimate of drug-likeness (QED) is 0.182. The van der Waals surface area contributed by atoms with Crippen molar-refractivity contribution in [2.45, 2.75) is 19.5 Å². The summed E-state index contributed by atoms with van der Waals surface area (Å²) in [6.07, 6.45) is 3.27. The Hall–Kier alpha value is -4.91. The molecule has 0 bridgehead atoms. The summed E-state index contributed by atoms with van der Waals surface area (Å²) in [6, 6.07) is 26.1. The number of aliphatic hydroxyl groups is 1. The third-order valence-corrected chi connectivity index (χ3v) is 6.21. The molecule has 0 aliphatic carbocycles. The Morgan fingerprint density at radius 2 is 1.58 bits per heavy atom. The third-order valence-electron chi connectivity index (χ3n) is 6.21. The van der Waals surface area contributed by atoms with Crippen LogP contribution in [0.15, 0.2) is 109 Å². The summed E-state index contributed by atoms with van der Waals surface area (Å²) in [4.78, 5) is 32.3. The van der Waals surface area contributed by atoms with Gasteiger partial charge in [0.15, 0.2) is 0 Å². The molecule has 190 valence electrons. The second-order valence-corrected chi connectivity index (χ2v) is 8.73. The van der Waals surface area contributed by atoms with Gasteiger partial charge >= 0.3 is 0 Å². The molecule has 7 heteroatoms. The molecule has 0 saturated carbocycles. The number of Topliss-reactive ketones (excluding diaryl/α,β-unsaturated/α-hetero) is 1. The lowest BCUT2D eigenvalue weighted by atomic mass is 9.95. The molecule has 1 atom stereocenters. The number of carbonyl (C=O) groups excluding carboxylic acids is 2. The molecular formula is C31H26N2O5. The first-order valence-corrected chi connectivity index (χ1v) is 12.3. The minimum atomic E-state index is -0.835. The fourth-order valence-electron chi connectivity index (χ4n) is 4.50. The normalized spacial score (nSPS) is 16.4. The zero-order valence-corrected chi connectivity index (χ0v) is 20.8. The van der Waals surface area contributed by atoms with Crippen molar-refractivity contribution in [3.63, 3.8) is 0 Å². The Morgan fingerprint density at radius 1 is 0.868 bits per heavy atom. The average Bonchev–Trinajstić information content (AvgIpc) is 3.19. The number of hydrogen-bond donors (Lipinski definition) is 1.